The molecule has 1 atom stereocenters. The average Bonchev–Trinajstić information content (AvgIpc) is 3.00. The van der Waals surface area contributed by atoms with Gasteiger partial charge in [-0.2, -0.15) is 0 Å². The van der Waals surface area contributed by atoms with Gasteiger partial charge in [0, 0.05) is 23.6 Å². The second-order valence-electron chi connectivity index (χ2n) is 5.51. The minimum atomic E-state index is -1.02. The van der Waals surface area contributed by atoms with E-state index in [2.05, 4.69) is 10.3 Å². The van der Waals surface area contributed by atoms with Gasteiger partial charge >= 0.3 is 5.97 Å². The molecule has 0 spiro atoms. The summed E-state index contributed by atoms with van der Waals surface area (Å²) in [6, 6.07) is 6.03. The Kier molecular flexibility index (Phi) is 4.93. The van der Waals surface area contributed by atoms with Gasteiger partial charge in [-0.15, -0.1) is 0 Å². The molecule has 1 unspecified atom stereocenters. The summed E-state index contributed by atoms with van der Waals surface area (Å²) in [6.45, 7) is 3.84. The highest BCUT2D eigenvalue weighted by atomic mass is 16.4. The fourth-order valence-electron chi connectivity index (χ4n) is 2.13. The molecule has 0 bridgehead atoms. The van der Waals surface area contributed by atoms with E-state index in [-0.39, 0.29) is 11.8 Å². The van der Waals surface area contributed by atoms with E-state index in [9.17, 15) is 9.59 Å². The van der Waals surface area contributed by atoms with Crippen LogP contribution in [0.1, 0.15) is 30.6 Å². The molecule has 0 radical (unpaired) electrons. The zero-order chi connectivity index (χ0) is 16.1. The zero-order valence-electron chi connectivity index (χ0n) is 12.6. The van der Waals surface area contributed by atoms with Gasteiger partial charge in [-0.1, -0.05) is 13.8 Å². The highest BCUT2D eigenvalue weighted by molar-refractivity contribution is 5.96. The van der Waals surface area contributed by atoms with Crippen molar-refractivity contribution in [2.45, 2.75) is 26.3 Å². The smallest absolute Gasteiger partial charge is 0.326 e. The lowest BCUT2D eigenvalue weighted by molar-refractivity contribution is -0.139. The number of rotatable bonds is 6. The van der Waals surface area contributed by atoms with Crippen LogP contribution in [0.4, 0.5) is 0 Å². The Balaban J connectivity index is 2.07. The fraction of sp³-hybridized carbons (Fsp3) is 0.312. The summed E-state index contributed by atoms with van der Waals surface area (Å²) in [4.78, 5) is 27.3. The van der Waals surface area contributed by atoms with E-state index in [0.29, 0.717) is 12.0 Å². The maximum atomic E-state index is 12.1. The molecule has 0 aliphatic carbocycles. The number of carboxylic acids is 1. The number of aromatic nitrogens is 2. The molecule has 22 heavy (non-hydrogen) atoms. The average molecular weight is 301 g/mol. The van der Waals surface area contributed by atoms with E-state index >= 15 is 0 Å². The van der Waals surface area contributed by atoms with Crippen LogP contribution in [0.2, 0.25) is 0 Å². The van der Waals surface area contributed by atoms with Gasteiger partial charge in [0.25, 0.3) is 5.91 Å². The van der Waals surface area contributed by atoms with Gasteiger partial charge in [-0.25, -0.2) is 9.78 Å². The van der Waals surface area contributed by atoms with E-state index in [4.69, 9.17) is 5.11 Å². The van der Waals surface area contributed by atoms with Gasteiger partial charge < -0.3 is 15.0 Å². The third kappa shape index (κ3) is 3.94. The van der Waals surface area contributed by atoms with Crippen LogP contribution in [0.25, 0.3) is 5.69 Å². The topological polar surface area (TPSA) is 84.2 Å². The number of carbonyl (C=O) groups excluding carboxylic acids is 1. The number of imidazole rings is 1. The molecule has 1 heterocycles. The van der Waals surface area contributed by atoms with Crippen molar-refractivity contribution in [3.05, 3.63) is 48.5 Å². The van der Waals surface area contributed by atoms with Crippen molar-refractivity contribution in [2.75, 3.05) is 0 Å². The highest BCUT2D eigenvalue weighted by Gasteiger charge is 2.21. The Labute approximate surface area is 128 Å². The van der Waals surface area contributed by atoms with Crippen molar-refractivity contribution < 1.29 is 14.7 Å². The first kappa shape index (κ1) is 15.8. The van der Waals surface area contributed by atoms with E-state index in [1.165, 1.54) is 0 Å². The lowest BCUT2D eigenvalue weighted by atomic mass is 10.0. The SMILES string of the molecule is CC(C)CC(NC(=O)c1ccc(-n2ccnc2)cc1)C(=O)O. The molecular weight excluding hydrogens is 282 g/mol. The monoisotopic (exact) mass is 301 g/mol. The Morgan fingerprint density at radius 1 is 1.27 bits per heavy atom. The zero-order valence-corrected chi connectivity index (χ0v) is 12.6. The molecule has 0 aliphatic heterocycles. The molecule has 2 rings (SSSR count). The first-order chi connectivity index (χ1) is 10.5. The molecule has 1 amide bonds. The van der Waals surface area contributed by atoms with Gasteiger partial charge in [-0.05, 0) is 36.6 Å². The summed E-state index contributed by atoms with van der Waals surface area (Å²) in [5.41, 5.74) is 1.31. The van der Waals surface area contributed by atoms with Crippen LogP contribution in [0.5, 0.6) is 0 Å². The molecule has 6 nitrogen and oxygen atoms in total. The van der Waals surface area contributed by atoms with Crippen LogP contribution in [0, 0.1) is 5.92 Å². The van der Waals surface area contributed by atoms with Crippen molar-refractivity contribution in [1.29, 1.82) is 0 Å². The van der Waals surface area contributed by atoms with Crippen molar-refractivity contribution in [3.8, 4) is 5.69 Å². The molecule has 0 fully saturated rings. The van der Waals surface area contributed by atoms with E-state index in [0.717, 1.165) is 5.69 Å². The van der Waals surface area contributed by atoms with Gasteiger partial charge in [0.1, 0.15) is 6.04 Å². The maximum Gasteiger partial charge on any atom is 0.326 e. The molecule has 2 aromatic rings. The van der Waals surface area contributed by atoms with Crippen molar-refractivity contribution in [3.63, 3.8) is 0 Å². The summed E-state index contributed by atoms with van der Waals surface area (Å²) in [5.74, 6) is -1.22. The van der Waals surface area contributed by atoms with E-state index in [1.54, 1.807) is 43.0 Å². The summed E-state index contributed by atoms with van der Waals surface area (Å²) >= 11 is 0. The molecule has 0 saturated carbocycles. The normalized spacial score (nSPS) is 12.1. The van der Waals surface area contributed by atoms with Crippen LogP contribution >= 0.6 is 0 Å². The van der Waals surface area contributed by atoms with Gasteiger partial charge in [0.15, 0.2) is 0 Å². The molecule has 1 aromatic carbocycles. The maximum absolute atomic E-state index is 12.1. The van der Waals surface area contributed by atoms with Crippen LogP contribution < -0.4 is 5.32 Å². The van der Waals surface area contributed by atoms with Crippen LogP contribution in [0.15, 0.2) is 43.0 Å². The third-order valence-electron chi connectivity index (χ3n) is 3.24. The van der Waals surface area contributed by atoms with E-state index in [1.807, 2.05) is 18.4 Å². The van der Waals surface area contributed by atoms with Crippen molar-refractivity contribution in [1.82, 2.24) is 14.9 Å². The van der Waals surface area contributed by atoms with Crippen LogP contribution in [-0.4, -0.2) is 32.6 Å². The molecular formula is C16H19N3O3. The first-order valence-electron chi connectivity index (χ1n) is 7.09. The first-order valence-corrected chi connectivity index (χ1v) is 7.09. The lowest BCUT2D eigenvalue weighted by Crippen LogP contribution is -2.41. The number of hydrogen-bond donors (Lipinski definition) is 2. The molecule has 0 aliphatic rings. The van der Waals surface area contributed by atoms with Gasteiger partial charge in [-0.3, -0.25) is 4.79 Å². The Morgan fingerprint density at radius 2 is 1.95 bits per heavy atom. The summed E-state index contributed by atoms with van der Waals surface area (Å²) in [5, 5.41) is 11.7. The number of nitrogens with one attached hydrogen (secondary N) is 1. The predicted octanol–water partition coefficient (Wildman–Crippen LogP) is 2.10. The second-order valence-corrected chi connectivity index (χ2v) is 5.51. The van der Waals surface area contributed by atoms with Crippen LogP contribution in [0.3, 0.4) is 0 Å². The fourth-order valence-corrected chi connectivity index (χ4v) is 2.13. The van der Waals surface area contributed by atoms with Crippen LogP contribution in [-0.2, 0) is 4.79 Å². The quantitative estimate of drug-likeness (QED) is 0.855. The lowest BCUT2D eigenvalue weighted by Gasteiger charge is -2.16. The second kappa shape index (κ2) is 6.89. The minimum Gasteiger partial charge on any atom is -0.480 e. The number of nitrogens with zero attached hydrogens (tertiary/aromatic N) is 2. The summed E-state index contributed by atoms with van der Waals surface area (Å²) in [7, 11) is 0. The third-order valence-corrected chi connectivity index (χ3v) is 3.24. The van der Waals surface area contributed by atoms with Gasteiger partial charge in [0.2, 0.25) is 0 Å². The number of carboxylic acid groups (broad SMARTS) is 1. The molecule has 2 N–H and O–H groups in total. The molecule has 116 valence electrons. The highest BCUT2D eigenvalue weighted by Crippen LogP contribution is 2.11. The number of hydrogen-bond acceptors (Lipinski definition) is 3. The van der Waals surface area contributed by atoms with Crippen molar-refractivity contribution in [2.24, 2.45) is 5.92 Å². The summed E-state index contributed by atoms with van der Waals surface area (Å²) in [6.07, 6.45) is 5.54. The van der Waals surface area contributed by atoms with Crippen molar-refractivity contribution >= 4 is 11.9 Å². The van der Waals surface area contributed by atoms with E-state index < -0.39 is 12.0 Å². The largest absolute Gasteiger partial charge is 0.480 e. The Morgan fingerprint density at radius 3 is 2.45 bits per heavy atom. The Hall–Kier alpha value is -2.63. The Bertz CT molecular complexity index is 633. The van der Waals surface area contributed by atoms with Gasteiger partial charge in [0.05, 0.1) is 6.33 Å². The standard InChI is InChI=1S/C16H19N3O3/c1-11(2)9-14(16(21)22)18-15(20)12-3-5-13(6-4-12)19-8-7-17-10-19/h3-8,10-11,14H,9H2,1-2H3,(H,18,20)(H,21,22). The number of carbonyl (C=O) groups is 2. The molecule has 0 saturated heterocycles. The summed E-state index contributed by atoms with van der Waals surface area (Å²) < 4.78 is 1.82. The number of benzene rings is 1. The minimum absolute atomic E-state index is 0.185. The number of amides is 1. The number of aliphatic carboxylic acids is 1. The predicted molar refractivity (Wildman–Crippen MR) is 81.9 cm³/mol. The molecule has 6 heteroatoms. The molecule has 1 aromatic heterocycles.